The van der Waals surface area contributed by atoms with Crippen molar-refractivity contribution in [3.05, 3.63) is 38.7 Å². The number of aromatic nitrogens is 3. The molecule has 1 heterocycles. The second kappa shape index (κ2) is 5.04. The highest BCUT2D eigenvalue weighted by Crippen LogP contribution is 2.25. The zero-order valence-corrected chi connectivity index (χ0v) is 11.5. The van der Waals surface area contributed by atoms with Gasteiger partial charge in [-0.05, 0) is 25.1 Å². The Morgan fingerprint density at radius 2 is 2.11 bits per heavy atom. The number of aryl methyl sites for hydroxylation is 1. The van der Waals surface area contributed by atoms with Gasteiger partial charge in [0.25, 0.3) is 0 Å². The van der Waals surface area contributed by atoms with Crippen molar-refractivity contribution < 1.29 is 0 Å². The van der Waals surface area contributed by atoms with Crippen molar-refractivity contribution in [1.29, 1.82) is 0 Å². The predicted octanol–water partition coefficient (Wildman–Crippen LogP) is 2.31. The van der Waals surface area contributed by atoms with Gasteiger partial charge in [-0.3, -0.25) is 0 Å². The summed E-state index contributed by atoms with van der Waals surface area (Å²) >= 11 is 12.0. The van der Waals surface area contributed by atoms with Crippen molar-refractivity contribution in [2.75, 3.05) is 11.9 Å². The fourth-order valence-electron chi connectivity index (χ4n) is 1.61. The van der Waals surface area contributed by atoms with E-state index in [0.29, 0.717) is 28.2 Å². The Morgan fingerprint density at radius 3 is 2.78 bits per heavy atom. The van der Waals surface area contributed by atoms with Crippen molar-refractivity contribution in [1.82, 2.24) is 14.3 Å². The van der Waals surface area contributed by atoms with Gasteiger partial charge in [0.15, 0.2) is 0 Å². The van der Waals surface area contributed by atoms with E-state index in [0.717, 1.165) is 0 Å². The highest BCUT2D eigenvalue weighted by Gasteiger charge is 2.15. The molecule has 1 aromatic carbocycles. The average molecular weight is 287 g/mol. The van der Waals surface area contributed by atoms with Crippen LogP contribution in [0.15, 0.2) is 23.0 Å². The number of hydrogen-bond acceptors (Lipinski definition) is 3. The van der Waals surface area contributed by atoms with E-state index in [2.05, 4.69) is 10.4 Å². The molecule has 1 aromatic heterocycles. The molecule has 0 aliphatic rings. The number of nitrogens with zero attached hydrogens (tertiary/aromatic N) is 3. The first kappa shape index (κ1) is 13.0. The number of halogens is 2. The molecule has 5 nitrogen and oxygen atoms in total. The van der Waals surface area contributed by atoms with E-state index >= 15 is 0 Å². The van der Waals surface area contributed by atoms with Crippen LogP contribution in [-0.2, 0) is 7.05 Å². The van der Waals surface area contributed by atoms with Gasteiger partial charge < -0.3 is 5.32 Å². The van der Waals surface area contributed by atoms with Gasteiger partial charge in [-0.15, -0.1) is 5.10 Å². The summed E-state index contributed by atoms with van der Waals surface area (Å²) in [6.45, 7) is 2.57. The molecule has 0 saturated heterocycles. The molecule has 0 saturated carbocycles. The topological polar surface area (TPSA) is 51.9 Å². The van der Waals surface area contributed by atoms with E-state index in [1.165, 1.54) is 9.25 Å². The Morgan fingerprint density at radius 1 is 1.39 bits per heavy atom. The zero-order valence-electron chi connectivity index (χ0n) is 9.94. The fraction of sp³-hybridized carbons (Fsp3) is 0.273. The lowest BCUT2D eigenvalue weighted by Crippen LogP contribution is -2.22. The molecule has 7 heteroatoms. The van der Waals surface area contributed by atoms with Crippen LogP contribution in [0.4, 0.5) is 5.95 Å². The first-order valence-electron chi connectivity index (χ1n) is 5.40. The molecule has 0 atom stereocenters. The molecule has 0 amide bonds. The van der Waals surface area contributed by atoms with E-state index in [-0.39, 0.29) is 5.69 Å². The smallest absolute Gasteiger partial charge is 0.351 e. The lowest BCUT2D eigenvalue weighted by atomic mass is 10.3. The van der Waals surface area contributed by atoms with Crippen molar-refractivity contribution in [3.63, 3.8) is 0 Å². The number of nitrogens with one attached hydrogen (secondary N) is 1. The minimum Gasteiger partial charge on any atom is -0.354 e. The Balaban J connectivity index is 2.69. The van der Waals surface area contributed by atoms with Crippen LogP contribution >= 0.6 is 23.2 Å². The molecule has 2 rings (SSSR count). The SMILES string of the molecule is CCNc1nn(C)c(=O)n1-c1cc(Cl)ccc1Cl. The molecule has 0 aliphatic carbocycles. The third-order valence-electron chi connectivity index (χ3n) is 2.41. The Bertz CT molecular complexity index is 632. The summed E-state index contributed by atoms with van der Waals surface area (Å²) in [5.74, 6) is 0.439. The van der Waals surface area contributed by atoms with Gasteiger partial charge in [-0.25, -0.2) is 14.0 Å². The number of rotatable bonds is 3. The van der Waals surface area contributed by atoms with E-state index < -0.39 is 0 Å². The molecule has 96 valence electrons. The van der Waals surface area contributed by atoms with E-state index in [9.17, 15) is 4.79 Å². The highest BCUT2D eigenvalue weighted by molar-refractivity contribution is 6.34. The van der Waals surface area contributed by atoms with E-state index in [1.54, 1.807) is 25.2 Å². The maximum absolute atomic E-state index is 12.1. The number of benzene rings is 1. The van der Waals surface area contributed by atoms with Crippen LogP contribution < -0.4 is 11.0 Å². The summed E-state index contributed by atoms with van der Waals surface area (Å²) in [5, 5.41) is 8.06. The van der Waals surface area contributed by atoms with Crippen LogP contribution in [0.25, 0.3) is 5.69 Å². The van der Waals surface area contributed by atoms with Crippen LogP contribution in [0.5, 0.6) is 0 Å². The normalized spacial score (nSPS) is 10.7. The quantitative estimate of drug-likeness (QED) is 0.942. The first-order chi connectivity index (χ1) is 8.54. The summed E-state index contributed by atoms with van der Waals surface area (Å²) in [6, 6.07) is 4.95. The monoisotopic (exact) mass is 286 g/mol. The third kappa shape index (κ3) is 2.23. The molecule has 0 bridgehead atoms. The lowest BCUT2D eigenvalue weighted by Gasteiger charge is -2.08. The molecule has 0 aliphatic heterocycles. The Hall–Kier alpha value is -1.46. The van der Waals surface area contributed by atoms with Crippen molar-refractivity contribution >= 4 is 29.2 Å². The molecular weight excluding hydrogens is 275 g/mol. The molecule has 0 spiro atoms. The van der Waals surface area contributed by atoms with Crippen LogP contribution in [0.2, 0.25) is 10.0 Å². The van der Waals surface area contributed by atoms with Crippen molar-refractivity contribution in [2.45, 2.75) is 6.92 Å². The molecule has 0 radical (unpaired) electrons. The molecule has 18 heavy (non-hydrogen) atoms. The summed E-state index contributed by atoms with van der Waals surface area (Å²) < 4.78 is 2.65. The second-order valence-electron chi connectivity index (χ2n) is 3.69. The van der Waals surface area contributed by atoms with E-state index in [1.807, 2.05) is 6.92 Å². The maximum Gasteiger partial charge on any atom is 0.351 e. The third-order valence-corrected chi connectivity index (χ3v) is 2.96. The van der Waals surface area contributed by atoms with Gasteiger partial charge >= 0.3 is 5.69 Å². The average Bonchev–Trinajstić information content (AvgIpc) is 2.59. The minimum absolute atomic E-state index is 0.282. The zero-order chi connectivity index (χ0) is 13.3. The lowest BCUT2D eigenvalue weighted by molar-refractivity contribution is 0.726. The van der Waals surface area contributed by atoms with Crippen LogP contribution in [0.3, 0.4) is 0 Å². The van der Waals surface area contributed by atoms with Gasteiger partial charge in [0, 0.05) is 18.6 Å². The van der Waals surface area contributed by atoms with E-state index in [4.69, 9.17) is 23.2 Å². The van der Waals surface area contributed by atoms with Gasteiger partial charge in [-0.1, -0.05) is 23.2 Å². The summed E-state index contributed by atoms with van der Waals surface area (Å²) in [6.07, 6.45) is 0. The van der Waals surface area contributed by atoms with Gasteiger partial charge in [-0.2, -0.15) is 0 Å². The van der Waals surface area contributed by atoms with Crippen LogP contribution in [0, 0.1) is 0 Å². The second-order valence-corrected chi connectivity index (χ2v) is 4.53. The molecule has 1 N–H and O–H groups in total. The summed E-state index contributed by atoms with van der Waals surface area (Å²) in [5.41, 5.74) is 0.230. The Kier molecular flexibility index (Phi) is 3.63. The van der Waals surface area contributed by atoms with Gasteiger partial charge in [0.2, 0.25) is 5.95 Å². The first-order valence-corrected chi connectivity index (χ1v) is 6.15. The van der Waals surface area contributed by atoms with Crippen molar-refractivity contribution in [3.8, 4) is 5.69 Å². The molecule has 0 fully saturated rings. The predicted molar refractivity (Wildman–Crippen MR) is 73.0 cm³/mol. The Labute approximate surface area is 114 Å². The highest BCUT2D eigenvalue weighted by atomic mass is 35.5. The largest absolute Gasteiger partial charge is 0.354 e. The maximum atomic E-state index is 12.1. The molecule has 2 aromatic rings. The van der Waals surface area contributed by atoms with Crippen molar-refractivity contribution in [2.24, 2.45) is 7.05 Å². The standard InChI is InChI=1S/C11H12Cl2N4O/c1-3-14-10-15-16(2)11(18)17(10)9-6-7(12)4-5-8(9)13/h4-6H,3H2,1-2H3,(H,14,15). The number of hydrogen-bond donors (Lipinski definition) is 1. The van der Waals surface area contributed by atoms with Gasteiger partial charge in [0.05, 0.1) is 10.7 Å². The van der Waals surface area contributed by atoms with Crippen LogP contribution in [0.1, 0.15) is 6.92 Å². The molecule has 0 unspecified atom stereocenters. The summed E-state index contributed by atoms with van der Waals surface area (Å²) in [7, 11) is 1.58. The van der Waals surface area contributed by atoms with Gasteiger partial charge in [0.1, 0.15) is 0 Å². The minimum atomic E-state index is -0.282. The van der Waals surface area contributed by atoms with Crippen LogP contribution in [-0.4, -0.2) is 20.9 Å². The number of anilines is 1. The fourth-order valence-corrected chi connectivity index (χ4v) is 1.98. The molecular formula is C11H12Cl2N4O. The summed E-state index contributed by atoms with van der Waals surface area (Å²) in [4.78, 5) is 12.1.